The van der Waals surface area contributed by atoms with E-state index in [9.17, 15) is 0 Å². The van der Waals surface area contributed by atoms with Crippen LogP contribution in [-0.4, -0.2) is 24.4 Å². The monoisotopic (exact) mass is 212 g/mol. The Morgan fingerprint density at radius 3 is 2.57 bits per heavy atom. The van der Waals surface area contributed by atoms with Crippen LogP contribution in [0.4, 0.5) is 0 Å². The van der Waals surface area contributed by atoms with E-state index in [4.69, 9.17) is 5.41 Å². The van der Waals surface area contributed by atoms with Crippen molar-refractivity contribution in [3.8, 4) is 0 Å². The first-order valence-corrected chi connectivity index (χ1v) is 6.26. The molecule has 0 radical (unpaired) electrons. The molecule has 0 aromatic heterocycles. The molecule has 0 amide bonds. The van der Waals surface area contributed by atoms with Gasteiger partial charge in [-0.05, 0) is 25.6 Å². The van der Waals surface area contributed by atoms with Gasteiger partial charge in [-0.1, -0.05) is 28.0 Å². The van der Waals surface area contributed by atoms with E-state index in [1.54, 1.807) is 0 Å². The highest BCUT2D eigenvalue weighted by molar-refractivity contribution is 7.58. The number of aliphatic imine (C=N–C) groups is 1. The van der Waals surface area contributed by atoms with Gasteiger partial charge in [-0.15, -0.1) is 0 Å². The number of nitrogens with zero attached hydrogens (tertiary/aromatic N) is 1. The fourth-order valence-electron chi connectivity index (χ4n) is 0.971. The van der Waals surface area contributed by atoms with Crippen molar-refractivity contribution < 1.29 is 0 Å². The normalized spacial score (nSPS) is 14.0. The minimum atomic E-state index is 0.705. The van der Waals surface area contributed by atoms with Crippen molar-refractivity contribution in [1.82, 2.24) is 0 Å². The van der Waals surface area contributed by atoms with Crippen LogP contribution in [0, 0.1) is 5.41 Å². The van der Waals surface area contributed by atoms with Gasteiger partial charge in [0.15, 0.2) is 0 Å². The van der Waals surface area contributed by atoms with E-state index in [2.05, 4.69) is 11.9 Å². The highest BCUT2D eigenvalue weighted by atomic mass is 31.1. The van der Waals surface area contributed by atoms with Crippen molar-refractivity contribution in [2.24, 2.45) is 4.99 Å². The molecule has 0 aliphatic heterocycles. The number of hydrogen-bond donors (Lipinski definition) is 1. The summed E-state index contributed by atoms with van der Waals surface area (Å²) in [7, 11) is 2.62. The van der Waals surface area contributed by atoms with Crippen molar-refractivity contribution in [3.63, 3.8) is 0 Å². The molecule has 0 saturated heterocycles. The highest BCUT2D eigenvalue weighted by Crippen LogP contribution is 2.18. The first-order valence-electron chi connectivity index (χ1n) is 5.05. The molecule has 0 heterocycles. The van der Waals surface area contributed by atoms with Gasteiger partial charge in [0.25, 0.3) is 0 Å². The molecule has 14 heavy (non-hydrogen) atoms. The van der Waals surface area contributed by atoms with Gasteiger partial charge in [-0.25, -0.2) is 0 Å². The second-order valence-corrected chi connectivity index (χ2v) is 4.65. The summed E-state index contributed by atoms with van der Waals surface area (Å²) in [5.41, 5.74) is 2.95. The molecular weight excluding hydrogens is 191 g/mol. The molecule has 0 spiro atoms. The Hall–Kier alpha value is -0.490. The number of hydrogen-bond acceptors (Lipinski definition) is 2. The fourth-order valence-corrected chi connectivity index (χ4v) is 1.97. The van der Waals surface area contributed by atoms with Crippen molar-refractivity contribution in [3.05, 3.63) is 11.6 Å². The van der Waals surface area contributed by atoms with Gasteiger partial charge in [0.2, 0.25) is 0 Å². The van der Waals surface area contributed by atoms with Crippen LogP contribution < -0.4 is 0 Å². The van der Waals surface area contributed by atoms with E-state index < -0.39 is 0 Å². The van der Waals surface area contributed by atoms with E-state index >= 15 is 0 Å². The highest BCUT2D eigenvalue weighted by Gasteiger charge is 2.04. The summed E-state index contributed by atoms with van der Waals surface area (Å²) in [4.78, 5) is 4.24. The van der Waals surface area contributed by atoms with Crippen LogP contribution in [0.2, 0.25) is 0 Å². The maximum Gasteiger partial charge on any atom is 0.0399 e. The summed E-state index contributed by atoms with van der Waals surface area (Å²) < 4.78 is 0. The van der Waals surface area contributed by atoms with Crippen molar-refractivity contribution in [1.29, 1.82) is 5.41 Å². The molecule has 1 atom stereocenters. The third-order valence-corrected chi connectivity index (χ3v) is 3.66. The SMILES string of the molecule is C/C=C(\C)C(=N)CC(=NC)PCCC. The van der Waals surface area contributed by atoms with Gasteiger partial charge >= 0.3 is 0 Å². The smallest absolute Gasteiger partial charge is 0.0399 e. The molecule has 0 aliphatic carbocycles. The Morgan fingerprint density at radius 2 is 2.14 bits per heavy atom. The maximum absolute atomic E-state index is 7.82. The van der Waals surface area contributed by atoms with Gasteiger partial charge in [-0.2, -0.15) is 0 Å². The molecule has 80 valence electrons. The molecular formula is C11H21N2P. The van der Waals surface area contributed by atoms with E-state index in [1.165, 1.54) is 18.0 Å². The van der Waals surface area contributed by atoms with Crippen LogP contribution in [0.25, 0.3) is 0 Å². The minimum absolute atomic E-state index is 0.705. The largest absolute Gasteiger partial charge is 0.305 e. The molecule has 1 N–H and O–H groups in total. The molecule has 0 aliphatic rings. The van der Waals surface area contributed by atoms with Gasteiger partial charge in [-0.3, -0.25) is 4.99 Å². The zero-order valence-corrected chi connectivity index (χ0v) is 10.6. The topological polar surface area (TPSA) is 36.2 Å². The van der Waals surface area contributed by atoms with Gasteiger partial charge < -0.3 is 5.41 Å². The summed E-state index contributed by atoms with van der Waals surface area (Å²) in [6.45, 7) is 6.14. The summed E-state index contributed by atoms with van der Waals surface area (Å²) >= 11 is 0. The first-order chi connectivity index (χ1) is 6.65. The Labute approximate surface area is 89.2 Å². The number of rotatable bonds is 6. The summed E-state index contributed by atoms with van der Waals surface area (Å²) in [5, 5.41) is 7.82. The second-order valence-electron chi connectivity index (χ2n) is 3.22. The molecule has 1 unspecified atom stereocenters. The summed E-state index contributed by atoms with van der Waals surface area (Å²) in [6, 6.07) is 0. The standard InChI is InChI=1S/C11H21N2P/c1-5-7-14-11(13-4)8-10(12)9(3)6-2/h6,12,14H,5,7-8H2,1-4H3/b9-6+,12-10?,13-11?. The Bertz CT molecular complexity index is 242. The van der Waals surface area contributed by atoms with Gasteiger partial charge in [0.1, 0.15) is 0 Å². The van der Waals surface area contributed by atoms with Gasteiger partial charge in [0, 0.05) is 24.6 Å². The van der Waals surface area contributed by atoms with E-state index in [0.29, 0.717) is 5.71 Å². The third kappa shape index (κ3) is 5.29. The lowest BCUT2D eigenvalue weighted by Gasteiger charge is -2.06. The molecule has 0 bridgehead atoms. The molecule has 3 heteroatoms. The zero-order chi connectivity index (χ0) is 11.0. The lowest BCUT2D eigenvalue weighted by molar-refractivity contribution is 1.10. The fraction of sp³-hybridized carbons (Fsp3) is 0.636. The average Bonchev–Trinajstić information content (AvgIpc) is 2.22. The Kier molecular flexibility index (Phi) is 7.60. The van der Waals surface area contributed by atoms with Crippen molar-refractivity contribution in [2.45, 2.75) is 33.6 Å². The average molecular weight is 212 g/mol. The van der Waals surface area contributed by atoms with Crippen molar-refractivity contribution in [2.75, 3.05) is 13.2 Å². The number of allylic oxidation sites excluding steroid dienone is 2. The number of nitrogens with one attached hydrogen (secondary N) is 1. The summed E-state index contributed by atoms with van der Waals surface area (Å²) in [5.74, 6) is 0. The second kappa shape index (κ2) is 7.87. The van der Waals surface area contributed by atoms with Crippen molar-refractivity contribution >= 4 is 19.7 Å². The van der Waals surface area contributed by atoms with E-state index in [0.717, 1.165) is 20.6 Å². The Balaban J connectivity index is 4.13. The maximum atomic E-state index is 7.82. The third-order valence-electron chi connectivity index (χ3n) is 2.10. The first kappa shape index (κ1) is 13.5. The van der Waals surface area contributed by atoms with Crippen LogP contribution >= 0.6 is 8.58 Å². The predicted molar refractivity (Wildman–Crippen MR) is 68.6 cm³/mol. The van der Waals surface area contributed by atoms with Gasteiger partial charge in [0.05, 0.1) is 0 Å². The van der Waals surface area contributed by atoms with Crippen LogP contribution in [0.3, 0.4) is 0 Å². The lowest BCUT2D eigenvalue weighted by atomic mass is 10.1. The van der Waals surface area contributed by atoms with Crippen LogP contribution in [0.15, 0.2) is 16.6 Å². The Morgan fingerprint density at radius 1 is 1.50 bits per heavy atom. The molecule has 0 saturated carbocycles. The quantitative estimate of drug-likeness (QED) is 0.517. The van der Waals surface area contributed by atoms with E-state index in [1.807, 2.05) is 27.0 Å². The molecule has 0 rings (SSSR count). The van der Waals surface area contributed by atoms with Crippen LogP contribution in [0.1, 0.15) is 33.6 Å². The minimum Gasteiger partial charge on any atom is -0.305 e. The lowest BCUT2D eigenvalue weighted by Crippen LogP contribution is -2.04. The predicted octanol–water partition coefficient (Wildman–Crippen LogP) is 3.48. The zero-order valence-electron chi connectivity index (χ0n) is 9.65. The molecule has 0 fully saturated rings. The summed E-state index contributed by atoms with van der Waals surface area (Å²) in [6.07, 6.45) is 5.12. The van der Waals surface area contributed by atoms with Crippen LogP contribution in [0.5, 0.6) is 0 Å². The molecule has 0 aromatic rings. The van der Waals surface area contributed by atoms with Crippen LogP contribution in [-0.2, 0) is 0 Å². The molecule has 2 nitrogen and oxygen atoms in total. The van der Waals surface area contributed by atoms with E-state index in [-0.39, 0.29) is 0 Å². The molecule has 0 aromatic carbocycles.